The van der Waals surface area contributed by atoms with Gasteiger partial charge in [-0.3, -0.25) is 0 Å². The molecule has 0 aromatic heterocycles. The maximum atomic E-state index is 8.56. The number of hydrogen-bond acceptors (Lipinski definition) is 3. The average molecular weight is 139 g/mol. The first-order valence-electron chi connectivity index (χ1n) is 0.516. The van der Waals surface area contributed by atoms with Gasteiger partial charge < -0.3 is 20.7 Å². The van der Waals surface area contributed by atoms with E-state index < -0.39 is 11.4 Å². The molecule has 0 spiro atoms. The van der Waals surface area contributed by atoms with Gasteiger partial charge in [0.25, 0.3) is 0 Å². The molecule has 0 bridgehead atoms. The molecule has 1 unspecified atom stereocenters. The van der Waals surface area contributed by atoms with E-state index in [-0.39, 0.29) is 41.2 Å². The van der Waals surface area contributed by atoms with Crippen molar-refractivity contribution < 1.29 is 48.3 Å². The summed E-state index contributed by atoms with van der Waals surface area (Å²) in [5, 5.41) is 0. The molecular weight excluding hydrogens is 133 g/mol. The van der Waals surface area contributed by atoms with E-state index in [2.05, 4.69) is 0 Å². The van der Waals surface area contributed by atoms with Crippen LogP contribution in [0.5, 0.6) is 0 Å². The molecule has 5 nitrogen and oxygen atoms in total. The molecule has 0 amide bonds. The topological polar surface area (TPSA) is 127 Å². The van der Waals surface area contributed by atoms with Crippen molar-refractivity contribution in [2.75, 3.05) is 0 Å². The fourth-order valence-electron chi connectivity index (χ4n) is 0. The fraction of sp³-hybridized carbons (Fsp3) is 0. The van der Waals surface area contributed by atoms with E-state index in [0.29, 0.717) is 0 Å². The maximum absolute atomic E-state index is 8.56. The summed E-state index contributed by atoms with van der Waals surface area (Å²) in [5.41, 5.74) is 0. The summed E-state index contributed by atoms with van der Waals surface area (Å²) in [4.78, 5) is 0. The Morgan fingerprint density at radius 3 is 1.57 bits per heavy atom. The molecule has 0 aliphatic rings. The SMILES string of the molecule is N.O.O=S([O-])O.[Na+]. The molecular formula is H6NNaO4S. The number of rotatable bonds is 0. The van der Waals surface area contributed by atoms with Crippen LogP contribution in [0.2, 0.25) is 0 Å². The Balaban J connectivity index is -0.0000000150. The third-order valence-electron chi connectivity index (χ3n) is 0. The zero-order valence-corrected chi connectivity index (χ0v) is 6.70. The zero-order chi connectivity index (χ0) is 3.58. The van der Waals surface area contributed by atoms with E-state index in [1.807, 2.05) is 0 Å². The average Bonchev–Trinajstić information content (AvgIpc) is 0.811. The molecule has 0 rings (SSSR count). The van der Waals surface area contributed by atoms with Gasteiger partial charge in [0.2, 0.25) is 0 Å². The minimum absolute atomic E-state index is 0. The standard InChI is InChI=1S/H3N.Na.H2O3S.H2O/c;;1-4(2)3;/h1H3;;(H2,1,2,3);1H2/q;+1;;/p-1. The molecule has 7 heavy (non-hydrogen) atoms. The van der Waals surface area contributed by atoms with Gasteiger partial charge in [-0.1, -0.05) is 0 Å². The Morgan fingerprint density at radius 1 is 1.57 bits per heavy atom. The van der Waals surface area contributed by atoms with Crippen molar-refractivity contribution in [3.8, 4) is 0 Å². The Kier molecular flexibility index (Phi) is 55.2. The van der Waals surface area contributed by atoms with Crippen LogP contribution in [0.4, 0.5) is 0 Å². The monoisotopic (exact) mass is 139 g/mol. The van der Waals surface area contributed by atoms with Crippen LogP contribution >= 0.6 is 0 Å². The second-order valence-electron chi connectivity index (χ2n) is 0.217. The van der Waals surface area contributed by atoms with Crippen molar-refractivity contribution in [2.45, 2.75) is 0 Å². The third-order valence-corrected chi connectivity index (χ3v) is 0. The largest absolute Gasteiger partial charge is 1.00 e. The van der Waals surface area contributed by atoms with Crippen LogP contribution in [0, 0.1) is 0 Å². The summed E-state index contributed by atoms with van der Waals surface area (Å²) >= 11 is -2.86. The van der Waals surface area contributed by atoms with Gasteiger partial charge in [0.05, 0.1) is 11.4 Å². The van der Waals surface area contributed by atoms with Crippen molar-refractivity contribution in [3.63, 3.8) is 0 Å². The molecule has 0 heterocycles. The molecule has 1 atom stereocenters. The van der Waals surface area contributed by atoms with Crippen LogP contribution in [0.3, 0.4) is 0 Å². The van der Waals surface area contributed by atoms with Crippen LogP contribution in [-0.2, 0) is 11.4 Å². The summed E-state index contributed by atoms with van der Waals surface area (Å²) in [6.45, 7) is 0. The minimum atomic E-state index is -2.86. The Morgan fingerprint density at radius 2 is 1.57 bits per heavy atom. The van der Waals surface area contributed by atoms with Crippen LogP contribution < -0.4 is 35.7 Å². The van der Waals surface area contributed by atoms with Gasteiger partial charge in [-0.15, -0.1) is 0 Å². The Labute approximate surface area is 65.8 Å². The molecule has 0 aromatic carbocycles. The molecule has 6 N–H and O–H groups in total. The molecule has 0 aliphatic carbocycles. The molecule has 0 aliphatic heterocycles. The second kappa shape index (κ2) is 15.8. The van der Waals surface area contributed by atoms with Crippen molar-refractivity contribution in [1.29, 1.82) is 0 Å². The van der Waals surface area contributed by atoms with E-state index in [1.54, 1.807) is 0 Å². The first-order chi connectivity index (χ1) is 1.73. The van der Waals surface area contributed by atoms with Crippen molar-refractivity contribution in [2.24, 2.45) is 0 Å². The van der Waals surface area contributed by atoms with Gasteiger partial charge in [0.15, 0.2) is 0 Å². The molecule has 0 aromatic rings. The van der Waals surface area contributed by atoms with Crippen molar-refractivity contribution >= 4 is 11.4 Å². The van der Waals surface area contributed by atoms with Crippen molar-refractivity contribution in [3.05, 3.63) is 0 Å². The van der Waals surface area contributed by atoms with E-state index in [1.165, 1.54) is 0 Å². The smallest absolute Gasteiger partial charge is 0.750 e. The van der Waals surface area contributed by atoms with E-state index in [9.17, 15) is 0 Å². The summed E-state index contributed by atoms with van der Waals surface area (Å²) < 4.78 is 24.1. The summed E-state index contributed by atoms with van der Waals surface area (Å²) in [6, 6.07) is 0. The Hall–Kier alpha value is 0.990. The molecule has 0 fully saturated rings. The van der Waals surface area contributed by atoms with Crippen molar-refractivity contribution in [1.82, 2.24) is 6.15 Å². The van der Waals surface area contributed by atoms with Gasteiger partial charge >= 0.3 is 29.6 Å². The molecule has 42 valence electrons. The molecule has 0 saturated carbocycles. The quantitative estimate of drug-likeness (QED) is 0.260. The van der Waals surface area contributed by atoms with E-state index in [4.69, 9.17) is 13.3 Å². The molecule has 7 heteroatoms. The fourth-order valence-corrected chi connectivity index (χ4v) is 0. The first kappa shape index (κ1) is 24.5. The van der Waals surface area contributed by atoms with E-state index in [0.717, 1.165) is 0 Å². The number of hydrogen-bond donors (Lipinski definition) is 2. The van der Waals surface area contributed by atoms with Crippen LogP contribution in [0.1, 0.15) is 0 Å². The summed E-state index contributed by atoms with van der Waals surface area (Å²) in [6.07, 6.45) is 0. The minimum Gasteiger partial charge on any atom is -0.750 e. The van der Waals surface area contributed by atoms with Crippen LogP contribution in [0.15, 0.2) is 0 Å². The first-order valence-corrected chi connectivity index (χ1v) is 1.55. The predicted molar refractivity (Wildman–Crippen MR) is 20.2 cm³/mol. The van der Waals surface area contributed by atoms with Gasteiger partial charge in [-0.25, -0.2) is 4.21 Å². The second-order valence-corrected chi connectivity index (χ2v) is 0.651. The van der Waals surface area contributed by atoms with Gasteiger partial charge in [-0.2, -0.15) is 0 Å². The van der Waals surface area contributed by atoms with Gasteiger partial charge in [0, 0.05) is 0 Å². The summed E-state index contributed by atoms with van der Waals surface area (Å²) in [5.74, 6) is 0. The van der Waals surface area contributed by atoms with Crippen LogP contribution in [0.25, 0.3) is 0 Å². The third kappa shape index (κ3) is 178. The normalized spacial score (nSPS) is 8.86. The maximum Gasteiger partial charge on any atom is 1.00 e. The summed E-state index contributed by atoms with van der Waals surface area (Å²) in [7, 11) is 0. The molecule has 0 saturated heterocycles. The Bertz CT molecular complexity index is 34.7. The van der Waals surface area contributed by atoms with E-state index >= 15 is 0 Å². The molecule has 0 radical (unpaired) electrons. The van der Waals surface area contributed by atoms with Gasteiger partial charge in [0.1, 0.15) is 0 Å². The van der Waals surface area contributed by atoms with Crippen LogP contribution in [-0.4, -0.2) is 18.8 Å². The predicted octanol–water partition coefficient (Wildman–Crippen LogP) is -4.32. The van der Waals surface area contributed by atoms with Gasteiger partial charge in [-0.05, 0) is 0 Å². The zero-order valence-electron chi connectivity index (χ0n) is 3.88.